The Hall–Kier alpha value is -0.730. The summed E-state index contributed by atoms with van der Waals surface area (Å²) >= 11 is 0. The lowest BCUT2D eigenvalue weighted by atomic mass is 10.1. The van der Waals surface area contributed by atoms with Crippen molar-refractivity contribution in [3.05, 3.63) is 23.9 Å². The van der Waals surface area contributed by atoms with Crippen LogP contribution in [0.3, 0.4) is 0 Å². The van der Waals surface area contributed by atoms with Gasteiger partial charge in [0.2, 0.25) is 12.0 Å². The summed E-state index contributed by atoms with van der Waals surface area (Å²) in [6, 6.07) is 3.78. The third-order valence-electron chi connectivity index (χ3n) is 2.04. The minimum Gasteiger partial charge on any atom is -0.475 e. The zero-order chi connectivity index (χ0) is 12.0. The molecule has 0 aliphatic carbocycles. The highest BCUT2D eigenvalue weighted by Gasteiger charge is 2.01. The van der Waals surface area contributed by atoms with Gasteiger partial charge in [0.05, 0.1) is 6.61 Å². The fraction of sp³-hybridized carbons (Fsp3) is 0.545. The van der Waals surface area contributed by atoms with Crippen LogP contribution in [0.1, 0.15) is 25.3 Å². The summed E-state index contributed by atoms with van der Waals surface area (Å²) in [5, 5.41) is 0. The molecule has 0 bridgehead atoms. The summed E-state index contributed by atoms with van der Waals surface area (Å²) < 4.78 is 22.2. The van der Waals surface area contributed by atoms with Crippen LogP contribution in [0, 0.1) is 0 Å². The van der Waals surface area contributed by atoms with Gasteiger partial charge in [0.25, 0.3) is 0 Å². The summed E-state index contributed by atoms with van der Waals surface area (Å²) in [7, 11) is 1.91. The quantitative estimate of drug-likeness (QED) is 0.570. The van der Waals surface area contributed by atoms with Crippen LogP contribution >= 0.6 is 9.24 Å². The first kappa shape index (κ1) is 13.3. The molecule has 0 amide bonds. The normalized spacial score (nSPS) is 12.8. The van der Waals surface area contributed by atoms with Gasteiger partial charge in [0, 0.05) is 12.3 Å². The SMILES string of the molecule is CC(C)c1ccc(OCCOC(F)P)nc1. The second-order valence-electron chi connectivity index (χ2n) is 3.65. The molecule has 90 valence electrons. The standard InChI is InChI=1S/C11H17FNO2P/c1-8(2)9-3-4-10(13-7-9)14-5-6-15-11(12)16/h3-4,7-8,11H,5-6,16H2,1-2H3. The van der Waals surface area contributed by atoms with E-state index in [0.29, 0.717) is 18.4 Å². The average Bonchev–Trinajstić information content (AvgIpc) is 2.25. The van der Waals surface area contributed by atoms with E-state index in [-0.39, 0.29) is 6.61 Å². The van der Waals surface area contributed by atoms with E-state index in [4.69, 9.17) is 4.74 Å². The number of hydrogen-bond donors (Lipinski definition) is 0. The largest absolute Gasteiger partial charge is 0.475 e. The first-order valence-electron chi connectivity index (χ1n) is 5.19. The maximum atomic E-state index is 12.2. The smallest absolute Gasteiger partial charge is 0.213 e. The minimum absolute atomic E-state index is 0.207. The number of aromatic nitrogens is 1. The number of pyridine rings is 1. The van der Waals surface area contributed by atoms with Gasteiger partial charge in [-0.05, 0) is 11.5 Å². The van der Waals surface area contributed by atoms with Crippen molar-refractivity contribution in [2.45, 2.75) is 25.9 Å². The van der Waals surface area contributed by atoms with E-state index in [0.717, 1.165) is 5.56 Å². The van der Waals surface area contributed by atoms with E-state index in [9.17, 15) is 4.39 Å². The zero-order valence-corrected chi connectivity index (χ0v) is 10.7. The maximum absolute atomic E-state index is 12.2. The minimum atomic E-state index is -1.33. The first-order chi connectivity index (χ1) is 7.59. The van der Waals surface area contributed by atoms with Crippen LogP contribution in [-0.4, -0.2) is 24.3 Å². The second kappa shape index (κ2) is 6.77. The molecule has 0 aromatic carbocycles. The average molecular weight is 245 g/mol. The molecule has 1 aromatic rings. The van der Waals surface area contributed by atoms with Crippen molar-refractivity contribution in [2.75, 3.05) is 13.2 Å². The van der Waals surface area contributed by atoms with Crippen LogP contribution in [0.15, 0.2) is 18.3 Å². The van der Waals surface area contributed by atoms with Gasteiger partial charge in [0.15, 0.2) is 0 Å². The Morgan fingerprint density at radius 3 is 2.62 bits per heavy atom. The molecule has 1 heterocycles. The van der Waals surface area contributed by atoms with Gasteiger partial charge in [0.1, 0.15) is 6.61 Å². The lowest BCUT2D eigenvalue weighted by Gasteiger charge is -2.08. The van der Waals surface area contributed by atoms with Crippen molar-refractivity contribution >= 4 is 9.24 Å². The van der Waals surface area contributed by atoms with Crippen LogP contribution in [0.4, 0.5) is 4.39 Å². The van der Waals surface area contributed by atoms with Crippen LogP contribution in [-0.2, 0) is 4.74 Å². The summed E-state index contributed by atoms with van der Waals surface area (Å²) in [4.78, 5) is 4.14. The number of ether oxygens (including phenoxy) is 2. The van der Waals surface area contributed by atoms with Crippen molar-refractivity contribution in [2.24, 2.45) is 0 Å². The molecule has 3 nitrogen and oxygen atoms in total. The molecule has 5 heteroatoms. The van der Waals surface area contributed by atoms with E-state index >= 15 is 0 Å². The van der Waals surface area contributed by atoms with Crippen LogP contribution in [0.5, 0.6) is 5.88 Å². The zero-order valence-electron chi connectivity index (χ0n) is 9.52. The van der Waals surface area contributed by atoms with E-state index < -0.39 is 6.10 Å². The van der Waals surface area contributed by atoms with Crippen LogP contribution in [0.2, 0.25) is 0 Å². The highest BCUT2D eigenvalue weighted by atomic mass is 31.0. The molecule has 1 rings (SSSR count). The highest BCUT2D eigenvalue weighted by Crippen LogP contribution is 2.15. The molecule has 0 aliphatic rings. The Balaban J connectivity index is 2.32. The third kappa shape index (κ3) is 4.86. The molecule has 0 saturated carbocycles. The molecule has 1 aromatic heterocycles. The van der Waals surface area contributed by atoms with E-state index in [2.05, 4.69) is 23.6 Å². The lowest BCUT2D eigenvalue weighted by Crippen LogP contribution is -2.09. The fourth-order valence-electron chi connectivity index (χ4n) is 1.13. The topological polar surface area (TPSA) is 31.4 Å². The molecular weight excluding hydrogens is 228 g/mol. The van der Waals surface area contributed by atoms with E-state index in [1.54, 1.807) is 6.20 Å². The maximum Gasteiger partial charge on any atom is 0.213 e. The fourth-order valence-corrected chi connectivity index (χ4v) is 1.26. The molecule has 16 heavy (non-hydrogen) atoms. The molecular formula is C11H17FNO2P. The van der Waals surface area contributed by atoms with Gasteiger partial charge >= 0.3 is 0 Å². The van der Waals surface area contributed by atoms with E-state index in [1.807, 2.05) is 21.4 Å². The Morgan fingerprint density at radius 1 is 1.38 bits per heavy atom. The molecule has 0 aliphatic heterocycles. The Labute approximate surface area is 97.6 Å². The number of rotatable bonds is 6. The van der Waals surface area contributed by atoms with Crippen LogP contribution < -0.4 is 4.74 Å². The first-order valence-corrected chi connectivity index (χ1v) is 5.86. The molecule has 0 spiro atoms. The van der Waals surface area contributed by atoms with Crippen LogP contribution in [0.25, 0.3) is 0 Å². The molecule has 0 saturated heterocycles. The lowest BCUT2D eigenvalue weighted by molar-refractivity contribution is 0.0116. The Morgan fingerprint density at radius 2 is 2.12 bits per heavy atom. The predicted octanol–water partition coefficient (Wildman–Crippen LogP) is 2.73. The molecule has 2 unspecified atom stereocenters. The van der Waals surface area contributed by atoms with Gasteiger partial charge in [-0.25, -0.2) is 9.37 Å². The monoisotopic (exact) mass is 245 g/mol. The molecule has 0 radical (unpaired) electrons. The molecule has 0 N–H and O–H groups in total. The highest BCUT2D eigenvalue weighted by molar-refractivity contribution is 7.16. The van der Waals surface area contributed by atoms with Crippen molar-refractivity contribution in [3.63, 3.8) is 0 Å². The number of hydrogen-bond acceptors (Lipinski definition) is 3. The van der Waals surface area contributed by atoms with Crippen molar-refractivity contribution in [1.29, 1.82) is 0 Å². The van der Waals surface area contributed by atoms with Crippen molar-refractivity contribution < 1.29 is 13.9 Å². The van der Waals surface area contributed by atoms with Gasteiger partial charge in [-0.1, -0.05) is 29.2 Å². The van der Waals surface area contributed by atoms with Crippen molar-refractivity contribution in [1.82, 2.24) is 4.98 Å². The summed E-state index contributed by atoms with van der Waals surface area (Å²) in [5.74, 6) is 0.987. The summed E-state index contributed by atoms with van der Waals surface area (Å²) in [6.45, 7) is 4.71. The Bertz CT molecular complexity index is 303. The summed E-state index contributed by atoms with van der Waals surface area (Å²) in [5.41, 5.74) is 1.16. The van der Waals surface area contributed by atoms with Gasteiger partial charge in [-0.2, -0.15) is 0 Å². The third-order valence-corrected chi connectivity index (χ3v) is 2.23. The second-order valence-corrected chi connectivity index (χ2v) is 4.18. The number of halogens is 1. The van der Waals surface area contributed by atoms with Gasteiger partial charge < -0.3 is 9.47 Å². The number of nitrogens with zero attached hydrogens (tertiary/aromatic N) is 1. The van der Waals surface area contributed by atoms with E-state index in [1.165, 1.54) is 0 Å². The van der Waals surface area contributed by atoms with Gasteiger partial charge in [-0.15, -0.1) is 0 Å². The number of alkyl halides is 1. The molecule has 2 atom stereocenters. The summed E-state index contributed by atoms with van der Waals surface area (Å²) in [6.07, 6.45) is 0.453. The van der Waals surface area contributed by atoms with Crippen molar-refractivity contribution in [3.8, 4) is 5.88 Å². The van der Waals surface area contributed by atoms with Gasteiger partial charge in [-0.3, -0.25) is 0 Å². The Kier molecular flexibility index (Phi) is 5.64. The predicted molar refractivity (Wildman–Crippen MR) is 64.4 cm³/mol. The molecule has 0 fully saturated rings.